The van der Waals surface area contributed by atoms with Gasteiger partial charge in [-0.3, -0.25) is 9.59 Å². The van der Waals surface area contributed by atoms with Crippen LogP contribution in [0.1, 0.15) is 88.2 Å². The lowest BCUT2D eigenvalue weighted by Crippen LogP contribution is -2.60. The van der Waals surface area contributed by atoms with Crippen molar-refractivity contribution in [3.63, 3.8) is 0 Å². The monoisotopic (exact) mass is 437 g/mol. The highest BCUT2D eigenvalue weighted by atomic mass is 16.2. The highest BCUT2D eigenvalue weighted by Gasteiger charge is 2.57. The Bertz CT molecular complexity index is 867. The van der Waals surface area contributed by atoms with Gasteiger partial charge in [0.25, 0.3) is 11.8 Å². The molecule has 7 rings (SSSR count). The molecule has 1 aromatic heterocycles. The van der Waals surface area contributed by atoms with E-state index in [4.69, 9.17) is 0 Å². The largest absolute Gasteiger partial charge is 0.348 e. The number of pyridine rings is 1. The zero-order chi connectivity index (χ0) is 23.0. The molecule has 5 nitrogen and oxygen atoms in total. The van der Waals surface area contributed by atoms with Crippen molar-refractivity contribution in [2.24, 2.45) is 46.3 Å². The van der Waals surface area contributed by atoms with Gasteiger partial charge in [-0.1, -0.05) is 47.6 Å². The molecule has 6 saturated carbocycles. The number of nitrogens with zero attached hydrogens (tertiary/aromatic N) is 1. The Morgan fingerprint density at radius 2 is 1.19 bits per heavy atom. The van der Waals surface area contributed by atoms with E-state index in [1.165, 1.54) is 12.8 Å². The van der Waals surface area contributed by atoms with Gasteiger partial charge >= 0.3 is 0 Å². The Morgan fingerprint density at radius 3 is 1.53 bits per heavy atom. The van der Waals surface area contributed by atoms with Crippen molar-refractivity contribution in [1.29, 1.82) is 0 Å². The molecule has 8 atom stereocenters. The number of aromatic nitrogens is 1. The first-order chi connectivity index (χ1) is 15.0. The van der Waals surface area contributed by atoms with E-state index in [0.29, 0.717) is 57.7 Å². The van der Waals surface area contributed by atoms with Crippen LogP contribution in [0.15, 0.2) is 18.2 Å². The Hall–Kier alpha value is -1.91. The molecule has 0 saturated heterocycles. The first-order valence-corrected chi connectivity index (χ1v) is 12.6. The minimum atomic E-state index is -0.162. The van der Waals surface area contributed by atoms with Crippen molar-refractivity contribution >= 4 is 11.8 Å². The fraction of sp³-hybridized carbons (Fsp3) is 0.741. The maximum absolute atomic E-state index is 13.0. The molecule has 5 heteroatoms. The van der Waals surface area contributed by atoms with Crippen LogP contribution in [-0.2, 0) is 0 Å². The van der Waals surface area contributed by atoms with Crippen LogP contribution < -0.4 is 10.6 Å². The summed E-state index contributed by atoms with van der Waals surface area (Å²) in [6, 6.07) is 5.58. The van der Waals surface area contributed by atoms with E-state index in [9.17, 15) is 9.59 Å². The molecule has 1 heterocycles. The summed E-state index contributed by atoms with van der Waals surface area (Å²) in [4.78, 5) is 30.4. The summed E-state index contributed by atoms with van der Waals surface area (Å²) < 4.78 is 0. The van der Waals surface area contributed by atoms with Crippen molar-refractivity contribution in [2.45, 2.75) is 79.3 Å². The molecule has 4 bridgehead atoms. The maximum atomic E-state index is 13.0. The normalized spacial score (nSPS) is 40.4. The molecule has 0 aliphatic heterocycles. The molecule has 1 aromatic rings. The van der Waals surface area contributed by atoms with Gasteiger partial charge in [0, 0.05) is 12.1 Å². The van der Waals surface area contributed by atoms with Gasteiger partial charge in [0.2, 0.25) is 0 Å². The smallest absolute Gasteiger partial charge is 0.270 e. The van der Waals surface area contributed by atoms with Gasteiger partial charge < -0.3 is 10.6 Å². The molecule has 2 amide bonds. The molecule has 0 radical (unpaired) electrons. The van der Waals surface area contributed by atoms with E-state index in [1.807, 2.05) is 0 Å². The fourth-order valence-electron chi connectivity index (χ4n) is 7.85. The quantitative estimate of drug-likeness (QED) is 0.718. The molecule has 0 spiro atoms. The van der Waals surface area contributed by atoms with Crippen molar-refractivity contribution in [1.82, 2.24) is 15.6 Å². The number of rotatable bonds is 4. The van der Waals surface area contributed by atoms with Crippen LogP contribution in [0.2, 0.25) is 0 Å². The Labute approximate surface area is 192 Å². The summed E-state index contributed by atoms with van der Waals surface area (Å²) in [6.07, 6.45) is 4.64. The highest BCUT2D eigenvalue weighted by Crippen LogP contribution is 2.62. The molecule has 0 aromatic carbocycles. The zero-order valence-electron chi connectivity index (χ0n) is 20.4. The summed E-state index contributed by atoms with van der Waals surface area (Å²) in [5.74, 6) is 3.33. The third kappa shape index (κ3) is 3.21. The second-order valence-electron chi connectivity index (χ2n) is 12.5. The summed E-state index contributed by atoms with van der Waals surface area (Å²) in [7, 11) is 0. The van der Waals surface area contributed by atoms with Gasteiger partial charge in [-0.2, -0.15) is 0 Å². The lowest BCUT2D eigenvalue weighted by molar-refractivity contribution is -0.113. The average Bonchev–Trinajstić information content (AvgIpc) is 2.75. The van der Waals surface area contributed by atoms with Gasteiger partial charge in [-0.05, 0) is 84.2 Å². The fourth-order valence-corrected chi connectivity index (χ4v) is 7.85. The van der Waals surface area contributed by atoms with E-state index in [-0.39, 0.29) is 23.9 Å². The second kappa shape index (κ2) is 7.30. The minimum absolute atomic E-state index is 0.162. The number of hydrogen-bond donors (Lipinski definition) is 2. The number of hydrogen-bond acceptors (Lipinski definition) is 3. The topological polar surface area (TPSA) is 71.1 Å². The van der Waals surface area contributed by atoms with Gasteiger partial charge in [0.15, 0.2) is 0 Å². The SMILES string of the molecule is C[C@@H]1[C@H]2C[C@@H](C[C@H]1NC(=O)c1cccc(C(=O)N[C@@H]3C[C@@H]4C[C@H]([C@H]3C)C4(C)C)n1)C2(C)C. The van der Waals surface area contributed by atoms with Gasteiger partial charge in [0.05, 0.1) is 0 Å². The maximum Gasteiger partial charge on any atom is 0.270 e. The molecular weight excluding hydrogens is 398 g/mol. The first-order valence-electron chi connectivity index (χ1n) is 12.6. The van der Waals surface area contributed by atoms with Crippen LogP contribution in [0, 0.1) is 46.3 Å². The number of carbonyl (C=O) groups is 2. The Kier molecular flexibility index (Phi) is 5.00. The van der Waals surface area contributed by atoms with Gasteiger partial charge in [-0.25, -0.2) is 4.98 Å². The third-order valence-corrected chi connectivity index (χ3v) is 10.6. The molecule has 6 aliphatic rings. The van der Waals surface area contributed by atoms with Gasteiger partial charge in [-0.15, -0.1) is 0 Å². The van der Waals surface area contributed by atoms with E-state index < -0.39 is 0 Å². The molecule has 2 N–H and O–H groups in total. The summed E-state index contributed by atoms with van der Waals surface area (Å²) >= 11 is 0. The third-order valence-electron chi connectivity index (χ3n) is 10.6. The molecule has 0 unspecified atom stereocenters. The molecule has 6 fully saturated rings. The number of amides is 2. The first kappa shape index (κ1) is 21.9. The second-order valence-corrected chi connectivity index (χ2v) is 12.5. The molecule has 6 aliphatic carbocycles. The van der Waals surface area contributed by atoms with Crippen LogP contribution >= 0.6 is 0 Å². The highest BCUT2D eigenvalue weighted by molar-refractivity contribution is 5.96. The van der Waals surface area contributed by atoms with Crippen molar-refractivity contribution in [2.75, 3.05) is 0 Å². The Balaban J connectivity index is 1.22. The van der Waals surface area contributed by atoms with E-state index in [2.05, 4.69) is 57.2 Å². The minimum Gasteiger partial charge on any atom is -0.348 e. The summed E-state index contributed by atoms with van der Waals surface area (Å²) in [6.45, 7) is 14.0. The summed E-state index contributed by atoms with van der Waals surface area (Å²) in [5.41, 5.74) is 1.46. The van der Waals surface area contributed by atoms with Gasteiger partial charge in [0.1, 0.15) is 11.4 Å². The van der Waals surface area contributed by atoms with Crippen LogP contribution in [0.25, 0.3) is 0 Å². The zero-order valence-corrected chi connectivity index (χ0v) is 20.4. The Morgan fingerprint density at radius 1 is 0.781 bits per heavy atom. The predicted octanol–water partition coefficient (Wildman–Crippen LogP) is 4.68. The lowest BCUT2D eigenvalue weighted by Gasteiger charge is -2.62. The van der Waals surface area contributed by atoms with Crippen molar-refractivity contribution in [3.05, 3.63) is 29.6 Å². The number of nitrogens with one attached hydrogen (secondary N) is 2. The van der Waals surface area contributed by atoms with Crippen LogP contribution in [-0.4, -0.2) is 28.9 Å². The summed E-state index contributed by atoms with van der Waals surface area (Å²) in [5, 5.41) is 6.45. The van der Waals surface area contributed by atoms with E-state index in [0.717, 1.165) is 12.8 Å². The number of fused-ring (bicyclic) bond motifs is 4. The lowest BCUT2D eigenvalue weighted by atomic mass is 9.45. The van der Waals surface area contributed by atoms with Crippen LogP contribution in [0.3, 0.4) is 0 Å². The van der Waals surface area contributed by atoms with Crippen LogP contribution in [0.4, 0.5) is 0 Å². The average molecular weight is 438 g/mol. The molecule has 174 valence electrons. The van der Waals surface area contributed by atoms with Crippen molar-refractivity contribution in [3.8, 4) is 0 Å². The van der Waals surface area contributed by atoms with E-state index >= 15 is 0 Å². The predicted molar refractivity (Wildman–Crippen MR) is 125 cm³/mol. The number of carbonyl (C=O) groups excluding carboxylic acids is 2. The van der Waals surface area contributed by atoms with Crippen molar-refractivity contribution < 1.29 is 9.59 Å². The molecular formula is C27H39N3O2. The van der Waals surface area contributed by atoms with Crippen LogP contribution in [0.5, 0.6) is 0 Å². The van der Waals surface area contributed by atoms with E-state index in [1.54, 1.807) is 18.2 Å². The standard InChI is InChI=1S/C27H39N3O2/c1-14-18-10-16(26(18,3)4)12-22(14)29-24(31)20-8-7-9-21(28-20)25(32)30-23-13-17-11-19(15(23)2)27(17,5)6/h7-9,14-19,22-23H,10-13H2,1-6H3,(H,29,31)(H,30,32)/t14-,15-,16+,17+,18-,19-,22-,23-/m1/s1. The molecule has 32 heavy (non-hydrogen) atoms.